The molecular formula is C32H56Cl2N2. The van der Waals surface area contributed by atoms with Gasteiger partial charge in [0.25, 0.3) is 0 Å². The van der Waals surface area contributed by atoms with Crippen LogP contribution in [0.15, 0.2) is 54.6 Å². The number of unbranched alkanes of at least 4 members (excludes halogenated alkanes) is 11. The summed E-state index contributed by atoms with van der Waals surface area (Å²) in [5.41, 5.74) is 4.41. The first-order valence-electron chi connectivity index (χ1n) is 13.8. The van der Waals surface area contributed by atoms with E-state index < -0.39 is 0 Å². The van der Waals surface area contributed by atoms with Gasteiger partial charge in [-0.1, -0.05) is 126 Å². The van der Waals surface area contributed by atoms with Gasteiger partial charge >= 0.3 is 0 Å². The molecule has 2 nitrogen and oxygen atoms in total. The van der Waals surface area contributed by atoms with Crippen LogP contribution < -0.4 is 18.6 Å². The molecule has 2 rings (SSSR count). The van der Waals surface area contributed by atoms with Crippen LogP contribution in [0.2, 0.25) is 0 Å². The summed E-state index contributed by atoms with van der Waals surface area (Å²) in [6.45, 7) is 8.30. The number of nitrogens with zero attached hydrogens (tertiary/aromatic N) is 1. The van der Waals surface area contributed by atoms with Crippen LogP contribution in [-0.4, -0.2) is 25.1 Å². The van der Waals surface area contributed by atoms with Gasteiger partial charge in [0.1, 0.15) is 5.54 Å². The lowest BCUT2D eigenvalue weighted by atomic mass is 9.80. The van der Waals surface area contributed by atoms with Crippen molar-refractivity contribution < 1.29 is 16.9 Å². The quantitative estimate of drug-likeness (QED) is 0.174. The van der Waals surface area contributed by atoms with Crippen molar-refractivity contribution >= 4 is 12.4 Å². The van der Waals surface area contributed by atoms with Crippen molar-refractivity contribution in [3.8, 4) is 0 Å². The van der Waals surface area contributed by atoms with Crippen LogP contribution in [0.3, 0.4) is 0 Å². The number of likely N-dealkylation sites (N-methyl/N-ethyl adjacent to an activating group) is 1. The van der Waals surface area contributed by atoms with E-state index in [2.05, 4.69) is 89.5 Å². The van der Waals surface area contributed by atoms with E-state index in [0.29, 0.717) is 0 Å². The molecule has 0 saturated carbocycles. The van der Waals surface area contributed by atoms with Crippen molar-refractivity contribution in [2.45, 2.75) is 110 Å². The first-order valence-corrected chi connectivity index (χ1v) is 13.8. The summed E-state index contributed by atoms with van der Waals surface area (Å²) >= 11 is 0. The first kappa shape index (κ1) is 37.1. The number of benzene rings is 2. The lowest BCUT2D eigenvalue weighted by Gasteiger charge is -2.48. The molecule has 0 amide bonds. The summed E-state index contributed by atoms with van der Waals surface area (Å²) in [7, 11) is 4.90. The Kier molecular flexibility index (Phi) is 20.6. The smallest absolute Gasteiger partial charge is 0.126 e. The fourth-order valence-corrected chi connectivity index (χ4v) is 5.40. The average molecular weight is 540 g/mol. The molecule has 0 aliphatic rings. The Balaban J connectivity index is 0. The molecule has 4 heteroatoms. The number of aryl methyl sites for hydroxylation is 1. The molecule has 1 unspecified atom stereocenters. The Hall–Kier alpha value is -1.06. The SMILES string of the molecule is CCCCCCCCCCCCCC[N+](C)(C)C(C)(Cc1ccccc1)c1ccccc1C.Cl.N.[Cl-]. The second-order valence-corrected chi connectivity index (χ2v) is 11.0. The highest BCUT2D eigenvalue weighted by Gasteiger charge is 2.43. The maximum Gasteiger partial charge on any atom is 0.126 e. The topological polar surface area (TPSA) is 35.0 Å². The zero-order chi connectivity index (χ0) is 24.0. The van der Waals surface area contributed by atoms with Gasteiger partial charge in [0.2, 0.25) is 0 Å². The molecule has 0 heterocycles. The van der Waals surface area contributed by atoms with Crippen LogP contribution in [0.4, 0.5) is 0 Å². The van der Waals surface area contributed by atoms with Gasteiger partial charge in [-0.15, -0.1) is 12.4 Å². The van der Waals surface area contributed by atoms with Crippen molar-refractivity contribution in [3.05, 3.63) is 71.3 Å². The van der Waals surface area contributed by atoms with Gasteiger partial charge in [-0.2, -0.15) is 0 Å². The summed E-state index contributed by atoms with van der Waals surface area (Å²) in [4.78, 5) is 0. The van der Waals surface area contributed by atoms with Crippen molar-refractivity contribution in [2.75, 3.05) is 20.6 Å². The van der Waals surface area contributed by atoms with E-state index >= 15 is 0 Å². The largest absolute Gasteiger partial charge is 1.00 e. The highest BCUT2D eigenvalue weighted by Crippen LogP contribution is 2.38. The Morgan fingerprint density at radius 3 is 1.61 bits per heavy atom. The molecule has 0 aliphatic heterocycles. The minimum Gasteiger partial charge on any atom is -1.00 e. The summed E-state index contributed by atoms with van der Waals surface area (Å²) < 4.78 is 1.03. The third-order valence-electron chi connectivity index (χ3n) is 8.02. The molecule has 2 aromatic carbocycles. The van der Waals surface area contributed by atoms with Crippen molar-refractivity contribution in [3.63, 3.8) is 0 Å². The van der Waals surface area contributed by atoms with Gasteiger partial charge < -0.3 is 23.0 Å². The third kappa shape index (κ3) is 12.0. The zero-order valence-electron chi connectivity index (χ0n) is 24.0. The highest BCUT2D eigenvalue weighted by atomic mass is 35.5. The molecule has 1 atom stereocenters. The molecule has 2 aromatic rings. The van der Waals surface area contributed by atoms with Crippen molar-refractivity contribution in [1.82, 2.24) is 6.15 Å². The summed E-state index contributed by atoms with van der Waals surface area (Å²) in [6, 6.07) is 20.1. The lowest BCUT2D eigenvalue weighted by molar-refractivity contribution is -0.948. The number of rotatable bonds is 17. The van der Waals surface area contributed by atoms with Crippen LogP contribution in [0.5, 0.6) is 0 Å². The lowest BCUT2D eigenvalue weighted by Crippen LogP contribution is -3.00. The van der Waals surface area contributed by atoms with Gasteiger partial charge in [-0.05, 0) is 37.8 Å². The van der Waals surface area contributed by atoms with Crippen LogP contribution >= 0.6 is 12.4 Å². The molecule has 0 fully saturated rings. The Bertz CT molecular complexity index is 779. The number of quaternary nitrogens is 1. The predicted octanol–water partition coefficient (Wildman–Crippen LogP) is 6.82. The molecule has 208 valence electrons. The predicted molar refractivity (Wildman–Crippen MR) is 159 cm³/mol. The maximum absolute atomic E-state index is 2.49. The van der Waals surface area contributed by atoms with Crippen LogP contribution in [0.1, 0.15) is 108 Å². The van der Waals surface area contributed by atoms with Crippen LogP contribution in [-0.2, 0) is 12.0 Å². The number of halogens is 2. The van der Waals surface area contributed by atoms with Gasteiger partial charge in [0.15, 0.2) is 0 Å². The minimum absolute atomic E-state index is 0. The van der Waals surface area contributed by atoms with Crippen LogP contribution in [0.25, 0.3) is 0 Å². The third-order valence-corrected chi connectivity index (χ3v) is 8.02. The van der Waals surface area contributed by atoms with Crippen molar-refractivity contribution in [1.29, 1.82) is 0 Å². The standard InChI is InChI=1S/C32H52N.2ClH.H3N/c1-6-7-8-9-10-11-12-13-14-15-16-22-27-33(4,5)32(3,28-30-24-18-17-19-25-30)31-26-21-20-23-29(31)2;;;/h17-21,23-26H,6-16,22,27-28H2,1-5H3;2*1H;1H3/q+1;;;/p-1. The highest BCUT2D eigenvalue weighted by molar-refractivity contribution is 5.85. The van der Waals surface area contributed by atoms with E-state index in [0.717, 1.165) is 10.9 Å². The summed E-state index contributed by atoms with van der Waals surface area (Å²) in [5, 5.41) is 0. The van der Waals surface area contributed by atoms with Crippen molar-refractivity contribution in [2.24, 2.45) is 0 Å². The minimum atomic E-state index is 0. The Morgan fingerprint density at radius 2 is 1.11 bits per heavy atom. The van der Waals surface area contributed by atoms with Gasteiger partial charge in [0.05, 0.1) is 20.6 Å². The van der Waals surface area contributed by atoms with E-state index in [1.807, 2.05) is 0 Å². The van der Waals surface area contributed by atoms with Gasteiger partial charge in [-0.3, -0.25) is 0 Å². The fraction of sp³-hybridized carbons (Fsp3) is 0.625. The molecular weight excluding hydrogens is 483 g/mol. The molecule has 0 saturated heterocycles. The Morgan fingerprint density at radius 1 is 0.667 bits per heavy atom. The second kappa shape index (κ2) is 20.0. The number of hydrogen-bond acceptors (Lipinski definition) is 1. The number of hydrogen-bond donors (Lipinski definition) is 1. The molecule has 0 radical (unpaired) electrons. The monoisotopic (exact) mass is 538 g/mol. The summed E-state index contributed by atoms with van der Waals surface area (Å²) in [6.07, 6.45) is 18.0. The van der Waals surface area contributed by atoms with E-state index in [1.165, 1.54) is 100 Å². The Labute approximate surface area is 236 Å². The molecule has 3 N–H and O–H groups in total. The van der Waals surface area contributed by atoms with Gasteiger partial charge in [0, 0.05) is 12.0 Å². The molecule has 36 heavy (non-hydrogen) atoms. The van der Waals surface area contributed by atoms with E-state index in [9.17, 15) is 0 Å². The second-order valence-electron chi connectivity index (χ2n) is 11.0. The normalized spacial score (nSPS) is 12.6. The molecule has 0 bridgehead atoms. The zero-order valence-corrected chi connectivity index (χ0v) is 25.6. The van der Waals surface area contributed by atoms with E-state index in [4.69, 9.17) is 0 Å². The average Bonchev–Trinajstić information content (AvgIpc) is 2.80. The molecule has 0 spiro atoms. The fourth-order valence-electron chi connectivity index (χ4n) is 5.40. The first-order chi connectivity index (χ1) is 15.9. The van der Waals surface area contributed by atoms with E-state index in [-0.39, 0.29) is 36.5 Å². The van der Waals surface area contributed by atoms with E-state index in [1.54, 1.807) is 0 Å². The molecule has 0 aliphatic carbocycles. The molecule has 0 aromatic heterocycles. The van der Waals surface area contributed by atoms with Crippen LogP contribution in [0, 0.1) is 6.92 Å². The van der Waals surface area contributed by atoms with Gasteiger partial charge in [-0.25, -0.2) is 0 Å². The maximum atomic E-state index is 2.49. The summed E-state index contributed by atoms with van der Waals surface area (Å²) in [5.74, 6) is 0.